The molecule has 3 heteroatoms. The van der Waals surface area contributed by atoms with Gasteiger partial charge in [0.1, 0.15) is 5.40 Å². The van der Waals surface area contributed by atoms with E-state index in [4.69, 9.17) is 5.26 Å². The van der Waals surface area contributed by atoms with Crippen molar-refractivity contribution < 1.29 is 0 Å². The maximum Gasteiger partial charge on any atom is 0.130 e. The molecule has 0 spiro atoms. The van der Waals surface area contributed by atoms with Crippen LogP contribution in [0.1, 0.15) is 136 Å². The van der Waals surface area contributed by atoms with Crippen molar-refractivity contribution in [1.29, 1.82) is 5.26 Å². The summed E-state index contributed by atoms with van der Waals surface area (Å²) in [6.07, 6.45) is 25.7. The lowest BCUT2D eigenvalue weighted by atomic mass is 10.1. The Morgan fingerprint density at radius 3 is 0.964 bits per heavy atom. The molecule has 168 valence electrons. The average molecular weight is 413 g/mol. The molecule has 0 aliphatic carbocycles. The zero-order valence-corrected chi connectivity index (χ0v) is 20.6. The van der Waals surface area contributed by atoms with Gasteiger partial charge in [0.05, 0.1) is 0 Å². The summed E-state index contributed by atoms with van der Waals surface area (Å²) in [6.45, 7) is 11.0. The second kappa shape index (κ2) is 29.0. The number of thiol groups is 1. The Kier molecular flexibility index (Phi) is 31.1. The number of thiocyanates is 1. The molecule has 0 fully saturated rings. The second-order valence-corrected chi connectivity index (χ2v) is 8.44. The molecule has 0 N–H and O–H groups in total. The molecule has 0 rings (SSSR count). The normalized spacial score (nSPS) is 10.6. The highest BCUT2D eigenvalue weighted by Gasteiger charge is 2.05. The molecule has 0 aromatic carbocycles. The molecule has 0 radical (unpaired) electrons. The number of hydrogen-bond acceptors (Lipinski definition) is 3. The van der Waals surface area contributed by atoms with Gasteiger partial charge in [-0.25, -0.2) is 0 Å². The van der Waals surface area contributed by atoms with Gasteiger partial charge in [-0.15, -0.1) is 0 Å². The van der Waals surface area contributed by atoms with Crippen LogP contribution in [0.25, 0.3) is 0 Å². The highest BCUT2D eigenvalue weighted by Crippen LogP contribution is 2.11. The molecule has 0 saturated carbocycles. The quantitative estimate of drug-likeness (QED) is 0.116. The van der Waals surface area contributed by atoms with Crippen LogP contribution >= 0.6 is 12.6 Å². The van der Waals surface area contributed by atoms with Crippen molar-refractivity contribution >= 4 is 12.6 Å². The van der Waals surface area contributed by atoms with E-state index in [0.29, 0.717) is 0 Å². The zero-order valence-electron chi connectivity index (χ0n) is 19.7. The van der Waals surface area contributed by atoms with Crippen molar-refractivity contribution in [2.75, 3.05) is 19.6 Å². The summed E-state index contributed by atoms with van der Waals surface area (Å²) < 4.78 is 0. The van der Waals surface area contributed by atoms with Gasteiger partial charge in [0, 0.05) is 0 Å². The van der Waals surface area contributed by atoms with E-state index in [0.717, 1.165) is 0 Å². The minimum atomic E-state index is 1.36. The maximum absolute atomic E-state index is 7.18. The van der Waals surface area contributed by atoms with E-state index >= 15 is 0 Å². The van der Waals surface area contributed by atoms with E-state index in [1.807, 2.05) is 0 Å². The van der Waals surface area contributed by atoms with Gasteiger partial charge in [-0.05, 0) is 38.9 Å². The summed E-state index contributed by atoms with van der Waals surface area (Å²) in [5, 5.41) is 8.63. The van der Waals surface area contributed by atoms with Crippen LogP contribution in [-0.2, 0) is 0 Å². The minimum absolute atomic E-state index is 1.36. The van der Waals surface area contributed by atoms with Crippen molar-refractivity contribution in [1.82, 2.24) is 4.90 Å². The number of hydrogen-bond donors (Lipinski definition) is 1. The molecule has 0 aromatic rings. The van der Waals surface area contributed by atoms with E-state index in [2.05, 4.69) is 38.3 Å². The monoisotopic (exact) mass is 412 g/mol. The number of rotatable bonds is 21. The standard InChI is InChI=1S/C24H51N.CHNS/c1-4-7-10-13-16-19-22-25(23-20-17-14-11-8-5-2)24-21-18-15-12-9-6-3;2-1-3/h4-24H2,1-3H3;3H. The fourth-order valence-corrected chi connectivity index (χ4v) is 3.68. The first-order valence-corrected chi connectivity index (χ1v) is 13.0. The second-order valence-electron chi connectivity index (χ2n) is 8.24. The molecule has 0 atom stereocenters. The molecule has 0 unspecified atom stereocenters. The topological polar surface area (TPSA) is 27.0 Å². The Morgan fingerprint density at radius 1 is 0.500 bits per heavy atom. The van der Waals surface area contributed by atoms with Crippen LogP contribution in [0, 0.1) is 10.7 Å². The Labute approximate surface area is 184 Å². The molecule has 0 aromatic heterocycles. The highest BCUT2D eigenvalue weighted by molar-refractivity contribution is 7.85. The molecule has 0 bridgehead atoms. The number of unbranched alkanes of at least 4 members (excludes halogenated alkanes) is 15. The van der Waals surface area contributed by atoms with Crippen molar-refractivity contribution in [3.8, 4) is 5.40 Å². The van der Waals surface area contributed by atoms with Crippen LogP contribution in [0.15, 0.2) is 0 Å². The Hall–Kier alpha value is -0.200. The van der Waals surface area contributed by atoms with E-state index in [-0.39, 0.29) is 0 Å². The third-order valence-corrected chi connectivity index (χ3v) is 5.48. The Bertz CT molecular complexity index is 263. The molecular formula is C25H52N2S. The fourth-order valence-electron chi connectivity index (χ4n) is 3.68. The molecule has 0 saturated heterocycles. The van der Waals surface area contributed by atoms with Gasteiger partial charge in [0.15, 0.2) is 0 Å². The lowest BCUT2D eigenvalue weighted by molar-refractivity contribution is 0.254. The minimum Gasteiger partial charge on any atom is -0.303 e. The Morgan fingerprint density at radius 2 is 0.714 bits per heavy atom. The SMILES string of the molecule is CCCCCCCCN(CCCCCCCC)CCCCCCCC.N#CS. The average Bonchev–Trinajstić information content (AvgIpc) is 2.69. The number of nitrogens with zero attached hydrogens (tertiary/aromatic N) is 2. The largest absolute Gasteiger partial charge is 0.303 e. The summed E-state index contributed by atoms with van der Waals surface area (Å²) in [5.74, 6) is 0. The van der Waals surface area contributed by atoms with Gasteiger partial charge in [-0.2, -0.15) is 5.26 Å². The van der Waals surface area contributed by atoms with Gasteiger partial charge in [-0.1, -0.05) is 130 Å². The molecule has 0 aliphatic rings. The van der Waals surface area contributed by atoms with Gasteiger partial charge < -0.3 is 4.90 Å². The van der Waals surface area contributed by atoms with Gasteiger partial charge in [-0.3, -0.25) is 0 Å². The van der Waals surface area contributed by atoms with Crippen molar-refractivity contribution in [3.05, 3.63) is 0 Å². The van der Waals surface area contributed by atoms with E-state index in [1.54, 1.807) is 0 Å². The van der Waals surface area contributed by atoms with Crippen molar-refractivity contribution in [3.63, 3.8) is 0 Å². The highest BCUT2D eigenvalue weighted by atomic mass is 32.1. The van der Waals surface area contributed by atoms with Crippen LogP contribution in [0.5, 0.6) is 0 Å². The van der Waals surface area contributed by atoms with Gasteiger partial charge in [0.2, 0.25) is 0 Å². The summed E-state index contributed by atoms with van der Waals surface area (Å²) >= 11 is 3.09. The van der Waals surface area contributed by atoms with Crippen LogP contribution in [0.2, 0.25) is 0 Å². The first kappa shape index (κ1) is 30.0. The van der Waals surface area contributed by atoms with Gasteiger partial charge in [0.25, 0.3) is 0 Å². The van der Waals surface area contributed by atoms with Crippen LogP contribution in [-0.4, -0.2) is 24.5 Å². The van der Waals surface area contributed by atoms with E-state index in [9.17, 15) is 0 Å². The summed E-state index contributed by atoms with van der Waals surface area (Å²) in [6, 6.07) is 0. The first-order valence-electron chi connectivity index (χ1n) is 12.5. The summed E-state index contributed by atoms with van der Waals surface area (Å²) in [5.41, 5.74) is 0. The Balaban J connectivity index is 0. The zero-order chi connectivity index (χ0) is 21.1. The molecule has 0 aliphatic heterocycles. The van der Waals surface area contributed by atoms with Crippen molar-refractivity contribution in [2.45, 2.75) is 136 Å². The van der Waals surface area contributed by atoms with Crippen LogP contribution in [0.3, 0.4) is 0 Å². The molecule has 0 heterocycles. The van der Waals surface area contributed by atoms with E-state index < -0.39 is 0 Å². The predicted molar refractivity (Wildman–Crippen MR) is 131 cm³/mol. The first-order chi connectivity index (χ1) is 13.8. The van der Waals surface area contributed by atoms with Crippen LogP contribution in [0.4, 0.5) is 0 Å². The van der Waals surface area contributed by atoms with E-state index in [1.165, 1.54) is 141 Å². The molecule has 0 amide bonds. The number of nitriles is 1. The molecule has 2 nitrogen and oxygen atoms in total. The van der Waals surface area contributed by atoms with Gasteiger partial charge >= 0.3 is 0 Å². The molecule has 28 heavy (non-hydrogen) atoms. The fraction of sp³-hybridized carbons (Fsp3) is 0.960. The maximum atomic E-state index is 7.18. The predicted octanol–water partition coefficient (Wildman–Crippen LogP) is 8.77. The smallest absolute Gasteiger partial charge is 0.130 e. The van der Waals surface area contributed by atoms with Crippen molar-refractivity contribution in [2.24, 2.45) is 0 Å². The summed E-state index contributed by atoms with van der Waals surface area (Å²) in [7, 11) is 0. The third kappa shape index (κ3) is 28.0. The lowest BCUT2D eigenvalue weighted by Gasteiger charge is -2.22. The van der Waals surface area contributed by atoms with Crippen LogP contribution < -0.4 is 0 Å². The third-order valence-electron chi connectivity index (χ3n) is 5.48. The molecular weight excluding hydrogens is 360 g/mol. The summed E-state index contributed by atoms with van der Waals surface area (Å²) in [4.78, 5) is 2.79. The lowest BCUT2D eigenvalue weighted by Crippen LogP contribution is -2.27.